The summed E-state index contributed by atoms with van der Waals surface area (Å²) in [6.07, 6.45) is 0.987. The van der Waals surface area contributed by atoms with Crippen LogP contribution < -0.4 is 4.74 Å². The molecule has 1 aromatic rings. The number of aromatic hydroxyl groups is 1. The molecule has 17 heavy (non-hydrogen) atoms. The van der Waals surface area contributed by atoms with Crippen molar-refractivity contribution in [2.24, 2.45) is 0 Å². The first kappa shape index (κ1) is 12.2. The number of fused-ring (bicyclic) bond motifs is 1. The molecule has 0 amide bonds. The van der Waals surface area contributed by atoms with E-state index < -0.39 is 0 Å². The van der Waals surface area contributed by atoms with Crippen LogP contribution in [0.5, 0.6) is 11.5 Å². The first-order valence-electron chi connectivity index (χ1n) is 6.43. The van der Waals surface area contributed by atoms with E-state index >= 15 is 0 Å². The summed E-state index contributed by atoms with van der Waals surface area (Å²) in [6.45, 7) is 8.21. The Bertz CT molecular complexity index is 374. The van der Waals surface area contributed by atoms with Gasteiger partial charge in [-0.05, 0) is 31.6 Å². The van der Waals surface area contributed by atoms with Gasteiger partial charge in [-0.15, -0.1) is 0 Å². The van der Waals surface area contributed by atoms with Crippen molar-refractivity contribution in [2.45, 2.75) is 26.2 Å². The first-order chi connectivity index (χ1) is 8.26. The fourth-order valence-corrected chi connectivity index (χ4v) is 2.50. The average Bonchev–Trinajstić information content (AvgIpc) is 2.36. The van der Waals surface area contributed by atoms with Crippen LogP contribution in [0.1, 0.15) is 31.7 Å². The molecule has 1 aliphatic rings. The lowest BCUT2D eigenvalue weighted by atomic mass is 9.91. The summed E-state index contributed by atoms with van der Waals surface area (Å²) in [5.41, 5.74) is 0.991. The van der Waals surface area contributed by atoms with Crippen molar-refractivity contribution in [3.8, 4) is 11.5 Å². The van der Waals surface area contributed by atoms with Crippen molar-refractivity contribution in [2.75, 3.05) is 26.2 Å². The molecule has 1 aromatic carbocycles. The lowest BCUT2D eigenvalue weighted by Crippen LogP contribution is -2.30. The van der Waals surface area contributed by atoms with Gasteiger partial charge in [0, 0.05) is 18.0 Å². The molecule has 2 rings (SSSR count). The molecule has 0 saturated heterocycles. The highest BCUT2D eigenvalue weighted by atomic mass is 16.5. The number of benzene rings is 1. The molecule has 1 heterocycles. The zero-order valence-corrected chi connectivity index (χ0v) is 10.6. The molecule has 1 aliphatic heterocycles. The van der Waals surface area contributed by atoms with Crippen LogP contribution in [-0.2, 0) is 0 Å². The minimum Gasteiger partial charge on any atom is -0.508 e. The van der Waals surface area contributed by atoms with Crippen molar-refractivity contribution in [3.63, 3.8) is 0 Å². The van der Waals surface area contributed by atoms with Gasteiger partial charge in [0.25, 0.3) is 0 Å². The summed E-state index contributed by atoms with van der Waals surface area (Å²) in [5.74, 6) is 1.62. The molecule has 0 saturated carbocycles. The van der Waals surface area contributed by atoms with E-state index in [-0.39, 0.29) is 0 Å². The molecule has 0 spiro atoms. The SMILES string of the molecule is CCN(CC)CC1CCOc2cccc(O)c21. The number of ether oxygens (including phenoxy) is 1. The normalized spacial score (nSPS) is 18.9. The van der Waals surface area contributed by atoms with Gasteiger partial charge in [0.1, 0.15) is 11.5 Å². The molecule has 3 nitrogen and oxygen atoms in total. The topological polar surface area (TPSA) is 32.7 Å². The second-order valence-electron chi connectivity index (χ2n) is 4.51. The fourth-order valence-electron chi connectivity index (χ4n) is 2.50. The van der Waals surface area contributed by atoms with Gasteiger partial charge in [-0.25, -0.2) is 0 Å². The van der Waals surface area contributed by atoms with Crippen LogP contribution in [0.3, 0.4) is 0 Å². The highest BCUT2D eigenvalue weighted by Crippen LogP contribution is 2.39. The molecule has 1 atom stereocenters. The number of phenolic OH excluding ortho intramolecular Hbond substituents is 1. The van der Waals surface area contributed by atoms with Crippen LogP contribution in [0.25, 0.3) is 0 Å². The summed E-state index contributed by atoms with van der Waals surface area (Å²) >= 11 is 0. The van der Waals surface area contributed by atoms with E-state index in [1.165, 1.54) is 0 Å². The number of hydrogen-bond donors (Lipinski definition) is 1. The Balaban J connectivity index is 2.22. The molecule has 3 heteroatoms. The van der Waals surface area contributed by atoms with E-state index in [1.807, 2.05) is 12.1 Å². The Hall–Kier alpha value is -1.22. The van der Waals surface area contributed by atoms with Crippen LogP contribution in [0.4, 0.5) is 0 Å². The van der Waals surface area contributed by atoms with Gasteiger partial charge in [0.2, 0.25) is 0 Å². The standard InChI is InChI=1S/C14H21NO2/c1-3-15(4-2)10-11-8-9-17-13-7-5-6-12(16)14(11)13/h5-7,11,16H,3-4,8-10H2,1-2H3. The maximum Gasteiger partial charge on any atom is 0.126 e. The Morgan fingerprint density at radius 2 is 2.12 bits per heavy atom. The van der Waals surface area contributed by atoms with Gasteiger partial charge in [0.15, 0.2) is 0 Å². The van der Waals surface area contributed by atoms with Gasteiger partial charge in [0.05, 0.1) is 6.61 Å². The number of phenols is 1. The summed E-state index contributed by atoms with van der Waals surface area (Å²) in [6, 6.07) is 5.54. The van der Waals surface area contributed by atoms with E-state index in [4.69, 9.17) is 4.74 Å². The maximum atomic E-state index is 9.99. The number of hydrogen-bond acceptors (Lipinski definition) is 3. The van der Waals surface area contributed by atoms with Crippen LogP contribution >= 0.6 is 0 Å². The smallest absolute Gasteiger partial charge is 0.126 e. The predicted octanol–water partition coefficient (Wildman–Crippen LogP) is 2.60. The van der Waals surface area contributed by atoms with Crippen molar-refractivity contribution >= 4 is 0 Å². The Kier molecular flexibility index (Phi) is 3.89. The van der Waals surface area contributed by atoms with Crippen LogP contribution in [-0.4, -0.2) is 36.2 Å². The average molecular weight is 235 g/mol. The third-order valence-electron chi connectivity index (χ3n) is 3.55. The van der Waals surface area contributed by atoms with E-state index in [0.717, 1.165) is 44.0 Å². The third-order valence-corrected chi connectivity index (χ3v) is 3.55. The molecule has 0 bridgehead atoms. The quantitative estimate of drug-likeness (QED) is 0.870. The second kappa shape index (κ2) is 5.41. The summed E-state index contributed by atoms with van der Waals surface area (Å²) in [4.78, 5) is 2.40. The Labute approximate surface area is 103 Å². The lowest BCUT2D eigenvalue weighted by Gasteiger charge is -2.30. The molecular formula is C14H21NO2. The highest BCUT2D eigenvalue weighted by Gasteiger charge is 2.25. The highest BCUT2D eigenvalue weighted by molar-refractivity contribution is 5.47. The molecular weight excluding hydrogens is 214 g/mol. The predicted molar refractivity (Wildman–Crippen MR) is 68.7 cm³/mol. The van der Waals surface area contributed by atoms with Crippen molar-refractivity contribution in [1.29, 1.82) is 0 Å². The Morgan fingerprint density at radius 1 is 1.35 bits per heavy atom. The molecule has 1 N–H and O–H groups in total. The molecule has 0 aromatic heterocycles. The zero-order valence-electron chi connectivity index (χ0n) is 10.6. The maximum absolute atomic E-state index is 9.99. The minimum absolute atomic E-state index is 0.374. The number of nitrogens with zero attached hydrogens (tertiary/aromatic N) is 1. The third kappa shape index (κ3) is 2.55. The summed E-state index contributed by atoms with van der Waals surface area (Å²) in [7, 11) is 0. The second-order valence-corrected chi connectivity index (χ2v) is 4.51. The number of rotatable bonds is 4. The van der Waals surface area contributed by atoms with E-state index in [1.54, 1.807) is 6.07 Å². The van der Waals surface area contributed by atoms with E-state index in [0.29, 0.717) is 11.7 Å². The molecule has 0 aliphatic carbocycles. The molecule has 94 valence electrons. The van der Waals surface area contributed by atoms with Crippen LogP contribution in [0.2, 0.25) is 0 Å². The van der Waals surface area contributed by atoms with Crippen molar-refractivity contribution in [1.82, 2.24) is 4.90 Å². The van der Waals surface area contributed by atoms with Gasteiger partial charge in [-0.1, -0.05) is 19.9 Å². The molecule has 0 fully saturated rings. The first-order valence-corrected chi connectivity index (χ1v) is 6.43. The van der Waals surface area contributed by atoms with E-state index in [2.05, 4.69) is 18.7 Å². The van der Waals surface area contributed by atoms with Gasteiger partial charge >= 0.3 is 0 Å². The minimum atomic E-state index is 0.374. The van der Waals surface area contributed by atoms with E-state index in [9.17, 15) is 5.11 Å². The summed E-state index contributed by atoms with van der Waals surface area (Å²) in [5, 5.41) is 9.99. The largest absolute Gasteiger partial charge is 0.508 e. The van der Waals surface area contributed by atoms with Crippen molar-refractivity contribution < 1.29 is 9.84 Å². The van der Waals surface area contributed by atoms with Gasteiger partial charge in [-0.2, -0.15) is 0 Å². The Morgan fingerprint density at radius 3 is 2.82 bits per heavy atom. The monoisotopic (exact) mass is 235 g/mol. The van der Waals surface area contributed by atoms with Crippen LogP contribution in [0, 0.1) is 0 Å². The van der Waals surface area contributed by atoms with Crippen LogP contribution in [0.15, 0.2) is 18.2 Å². The zero-order chi connectivity index (χ0) is 12.3. The fraction of sp³-hybridized carbons (Fsp3) is 0.571. The van der Waals surface area contributed by atoms with Gasteiger partial charge in [-0.3, -0.25) is 0 Å². The summed E-state index contributed by atoms with van der Waals surface area (Å²) < 4.78 is 5.60. The lowest BCUT2D eigenvalue weighted by molar-refractivity contribution is 0.218. The van der Waals surface area contributed by atoms with Crippen molar-refractivity contribution in [3.05, 3.63) is 23.8 Å². The molecule has 1 unspecified atom stereocenters. The molecule has 0 radical (unpaired) electrons. The van der Waals surface area contributed by atoms with Gasteiger partial charge < -0.3 is 14.7 Å². The number of likely N-dealkylation sites (N-methyl/N-ethyl adjacent to an activating group) is 1.